The fourth-order valence-corrected chi connectivity index (χ4v) is 4.18. The number of halogens is 2. The Morgan fingerprint density at radius 2 is 2.04 bits per heavy atom. The molecule has 146 valence electrons. The monoisotopic (exact) mass is 384 g/mol. The molecule has 2 N–H and O–H groups in total. The lowest BCUT2D eigenvalue weighted by Gasteiger charge is -2.39. The summed E-state index contributed by atoms with van der Waals surface area (Å²) in [7, 11) is 0. The summed E-state index contributed by atoms with van der Waals surface area (Å²) in [6.45, 7) is 5.43. The molecule has 2 aliphatic rings. The minimum Gasteiger partial charge on any atom is -0.381 e. The van der Waals surface area contributed by atoms with Crippen molar-refractivity contribution in [1.29, 1.82) is 0 Å². The molecule has 2 heterocycles. The summed E-state index contributed by atoms with van der Waals surface area (Å²) in [6.07, 6.45) is 4.17. The van der Waals surface area contributed by atoms with Gasteiger partial charge < -0.3 is 15.4 Å². The van der Waals surface area contributed by atoms with Gasteiger partial charge in [-0.05, 0) is 68.3 Å². The zero-order chi connectivity index (χ0) is 17.7. The minimum absolute atomic E-state index is 0. The van der Waals surface area contributed by atoms with Gasteiger partial charge in [-0.25, -0.2) is 4.39 Å². The van der Waals surface area contributed by atoms with Gasteiger partial charge in [-0.1, -0.05) is 19.1 Å². The van der Waals surface area contributed by atoms with Crippen LogP contribution in [0.2, 0.25) is 0 Å². The molecule has 1 amide bonds. The lowest BCUT2D eigenvalue weighted by molar-refractivity contribution is -0.125. The van der Waals surface area contributed by atoms with Crippen LogP contribution in [0.15, 0.2) is 24.3 Å². The molecule has 0 radical (unpaired) electrons. The van der Waals surface area contributed by atoms with Crippen LogP contribution in [0.1, 0.15) is 44.6 Å². The third-order valence-electron chi connectivity index (χ3n) is 5.80. The smallest absolute Gasteiger partial charge is 0.220 e. The molecule has 0 spiro atoms. The number of ether oxygens (including phenoxy) is 1. The minimum atomic E-state index is -0.509. The average molecular weight is 385 g/mol. The Bertz CT molecular complexity index is 587. The van der Waals surface area contributed by atoms with E-state index < -0.39 is 5.54 Å². The van der Waals surface area contributed by atoms with E-state index in [9.17, 15) is 9.18 Å². The Labute approximate surface area is 161 Å². The Hall–Kier alpha value is -1.17. The Kier molecular flexibility index (Phi) is 7.86. The molecule has 2 fully saturated rings. The molecule has 26 heavy (non-hydrogen) atoms. The standard InChI is InChI=1S/C20H29FN2O2.ClH/c1-15(16-5-9-22-10-6-16)13-19(24)23-20(7-11-25-12-8-20)17-3-2-4-18(21)14-17;/h2-4,14-16,22H,5-13H2,1H3,(H,23,24);1H. The van der Waals surface area contributed by atoms with Gasteiger partial charge in [0.1, 0.15) is 5.82 Å². The van der Waals surface area contributed by atoms with E-state index in [1.54, 1.807) is 12.1 Å². The van der Waals surface area contributed by atoms with E-state index in [-0.39, 0.29) is 24.1 Å². The highest BCUT2D eigenvalue weighted by Crippen LogP contribution is 2.33. The highest BCUT2D eigenvalue weighted by atomic mass is 35.5. The molecule has 3 rings (SSSR count). The van der Waals surface area contributed by atoms with Gasteiger partial charge in [-0.3, -0.25) is 4.79 Å². The molecule has 0 saturated carbocycles. The molecular formula is C20H30ClFN2O2. The van der Waals surface area contributed by atoms with Crippen LogP contribution in [-0.2, 0) is 15.1 Å². The van der Waals surface area contributed by atoms with Crippen molar-refractivity contribution < 1.29 is 13.9 Å². The van der Waals surface area contributed by atoms with Crippen LogP contribution in [-0.4, -0.2) is 32.2 Å². The number of carbonyl (C=O) groups is 1. The summed E-state index contributed by atoms with van der Waals surface area (Å²) in [5, 5.41) is 6.62. The van der Waals surface area contributed by atoms with E-state index in [1.165, 1.54) is 6.07 Å². The lowest BCUT2D eigenvalue weighted by Crippen LogP contribution is -2.50. The van der Waals surface area contributed by atoms with Crippen molar-refractivity contribution in [1.82, 2.24) is 10.6 Å². The van der Waals surface area contributed by atoms with Crippen molar-refractivity contribution in [2.24, 2.45) is 11.8 Å². The van der Waals surface area contributed by atoms with Gasteiger partial charge in [0.2, 0.25) is 5.91 Å². The Balaban J connectivity index is 0.00000243. The first kappa shape index (κ1) is 21.1. The van der Waals surface area contributed by atoms with Crippen molar-refractivity contribution in [2.45, 2.75) is 44.6 Å². The number of carbonyl (C=O) groups excluding carboxylic acids is 1. The topological polar surface area (TPSA) is 50.4 Å². The highest BCUT2D eigenvalue weighted by Gasteiger charge is 2.36. The predicted octanol–water partition coefficient (Wildman–Crippen LogP) is 3.40. The number of hydrogen-bond donors (Lipinski definition) is 2. The van der Waals surface area contributed by atoms with E-state index in [0.29, 0.717) is 44.3 Å². The molecule has 1 aromatic carbocycles. The molecule has 2 saturated heterocycles. The largest absolute Gasteiger partial charge is 0.381 e. The van der Waals surface area contributed by atoms with Crippen molar-refractivity contribution in [3.8, 4) is 0 Å². The third kappa shape index (κ3) is 5.18. The van der Waals surface area contributed by atoms with E-state index in [2.05, 4.69) is 17.6 Å². The number of rotatable bonds is 5. The first-order valence-corrected chi connectivity index (χ1v) is 9.45. The predicted molar refractivity (Wildman–Crippen MR) is 103 cm³/mol. The number of piperidine rings is 1. The van der Waals surface area contributed by atoms with Crippen LogP contribution < -0.4 is 10.6 Å². The van der Waals surface area contributed by atoms with Gasteiger partial charge in [0.05, 0.1) is 5.54 Å². The van der Waals surface area contributed by atoms with Crippen LogP contribution in [0.4, 0.5) is 4.39 Å². The Morgan fingerprint density at radius 1 is 1.35 bits per heavy atom. The van der Waals surface area contributed by atoms with Gasteiger partial charge in [0, 0.05) is 19.6 Å². The summed E-state index contributed by atoms with van der Waals surface area (Å²) in [6, 6.07) is 6.61. The van der Waals surface area contributed by atoms with Gasteiger partial charge in [-0.15, -0.1) is 12.4 Å². The van der Waals surface area contributed by atoms with Crippen LogP contribution in [0, 0.1) is 17.7 Å². The van der Waals surface area contributed by atoms with Crippen LogP contribution >= 0.6 is 12.4 Å². The summed E-state index contributed by atoms with van der Waals surface area (Å²) in [5.41, 5.74) is 0.337. The molecule has 6 heteroatoms. The van der Waals surface area contributed by atoms with Crippen molar-refractivity contribution >= 4 is 18.3 Å². The second-order valence-electron chi connectivity index (χ2n) is 7.52. The normalized spacial score (nSPS) is 21.5. The summed E-state index contributed by atoms with van der Waals surface area (Å²) < 4.78 is 19.2. The van der Waals surface area contributed by atoms with Crippen molar-refractivity contribution in [3.05, 3.63) is 35.6 Å². The number of amides is 1. The molecule has 1 aromatic rings. The lowest BCUT2D eigenvalue weighted by atomic mass is 9.81. The SMILES string of the molecule is CC(CC(=O)NC1(c2cccc(F)c2)CCOCC1)C1CCNCC1.Cl. The molecule has 1 unspecified atom stereocenters. The molecule has 0 aromatic heterocycles. The molecular weight excluding hydrogens is 355 g/mol. The number of benzene rings is 1. The van der Waals surface area contributed by atoms with Crippen LogP contribution in [0.3, 0.4) is 0 Å². The molecule has 1 atom stereocenters. The maximum Gasteiger partial charge on any atom is 0.220 e. The zero-order valence-corrected chi connectivity index (χ0v) is 16.2. The molecule has 2 aliphatic heterocycles. The van der Waals surface area contributed by atoms with Crippen LogP contribution in [0.25, 0.3) is 0 Å². The van der Waals surface area contributed by atoms with Crippen LogP contribution in [0.5, 0.6) is 0 Å². The van der Waals surface area contributed by atoms with Crippen molar-refractivity contribution in [3.63, 3.8) is 0 Å². The van der Waals surface area contributed by atoms with E-state index in [4.69, 9.17) is 4.74 Å². The fraction of sp³-hybridized carbons (Fsp3) is 0.650. The van der Waals surface area contributed by atoms with E-state index in [1.807, 2.05) is 6.07 Å². The maximum absolute atomic E-state index is 13.7. The highest BCUT2D eigenvalue weighted by molar-refractivity contribution is 5.85. The van der Waals surface area contributed by atoms with Gasteiger partial charge in [-0.2, -0.15) is 0 Å². The second kappa shape index (κ2) is 9.67. The van der Waals surface area contributed by atoms with Gasteiger partial charge in [0.25, 0.3) is 0 Å². The first-order chi connectivity index (χ1) is 12.1. The van der Waals surface area contributed by atoms with E-state index in [0.717, 1.165) is 31.5 Å². The number of nitrogens with one attached hydrogen (secondary N) is 2. The maximum atomic E-state index is 13.7. The quantitative estimate of drug-likeness (QED) is 0.818. The fourth-order valence-electron chi connectivity index (χ4n) is 4.18. The zero-order valence-electron chi connectivity index (χ0n) is 15.4. The summed E-state index contributed by atoms with van der Waals surface area (Å²) in [4.78, 5) is 12.8. The first-order valence-electron chi connectivity index (χ1n) is 9.45. The average Bonchev–Trinajstić information content (AvgIpc) is 2.63. The summed E-state index contributed by atoms with van der Waals surface area (Å²) in [5.74, 6) is 0.774. The number of hydrogen-bond acceptors (Lipinski definition) is 3. The molecule has 0 aliphatic carbocycles. The van der Waals surface area contributed by atoms with Gasteiger partial charge >= 0.3 is 0 Å². The summed E-state index contributed by atoms with van der Waals surface area (Å²) >= 11 is 0. The molecule has 4 nitrogen and oxygen atoms in total. The second-order valence-corrected chi connectivity index (χ2v) is 7.52. The Morgan fingerprint density at radius 3 is 2.69 bits per heavy atom. The van der Waals surface area contributed by atoms with Gasteiger partial charge in [0.15, 0.2) is 0 Å². The third-order valence-corrected chi connectivity index (χ3v) is 5.80. The van der Waals surface area contributed by atoms with E-state index >= 15 is 0 Å². The molecule has 0 bridgehead atoms. The van der Waals surface area contributed by atoms with Crippen molar-refractivity contribution in [2.75, 3.05) is 26.3 Å².